The minimum Gasteiger partial charge on any atom is -0.392 e. The third-order valence-corrected chi connectivity index (χ3v) is 10.7. The molecule has 0 radical (unpaired) electrons. The van der Waals surface area contributed by atoms with Crippen LogP contribution in [0.25, 0.3) is 11.1 Å². The van der Waals surface area contributed by atoms with Gasteiger partial charge in [-0.1, -0.05) is 110 Å². The van der Waals surface area contributed by atoms with Crippen LogP contribution in [-0.4, -0.2) is 40.1 Å². The molecule has 5 aromatic rings. The van der Waals surface area contributed by atoms with Gasteiger partial charge in [0.1, 0.15) is 6.33 Å². The molecule has 9 nitrogen and oxygen atoms in total. The fraction of sp³-hybridized carbons (Fsp3) is 0.257. The van der Waals surface area contributed by atoms with Crippen molar-refractivity contribution in [2.45, 2.75) is 48.6 Å². The van der Waals surface area contributed by atoms with Gasteiger partial charge in [0, 0.05) is 30.8 Å². The molecule has 4 atom stereocenters. The zero-order valence-corrected chi connectivity index (χ0v) is 27.2. The zero-order chi connectivity index (χ0) is 32.1. The van der Waals surface area contributed by atoms with Crippen molar-refractivity contribution in [3.8, 4) is 11.1 Å². The van der Waals surface area contributed by atoms with Gasteiger partial charge in [-0.15, -0.1) is 10.2 Å². The van der Waals surface area contributed by atoms with Gasteiger partial charge in [0.2, 0.25) is 10.0 Å². The molecule has 0 aliphatic carbocycles. The van der Waals surface area contributed by atoms with Gasteiger partial charge < -0.3 is 19.1 Å². The minimum atomic E-state index is -3.65. The molecule has 46 heavy (non-hydrogen) atoms. The molecule has 1 aliphatic heterocycles. The van der Waals surface area contributed by atoms with Crippen molar-refractivity contribution in [2.75, 3.05) is 5.75 Å². The highest BCUT2D eigenvalue weighted by Crippen LogP contribution is 2.43. The summed E-state index contributed by atoms with van der Waals surface area (Å²) in [5, 5.41) is 18.6. The van der Waals surface area contributed by atoms with E-state index in [1.807, 2.05) is 84.4 Å². The van der Waals surface area contributed by atoms with Gasteiger partial charge >= 0.3 is 0 Å². The molecular weight excluding hydrogens is 621 g/mol. The first-order valence-corrected chi connectivity index (χ1v) is 17.5. The van der Waals surface area contributed by atoms with Crippen molar-refractivity contribution in [3.05, 3.63) is 132 Å². The molecule has 6 rings (SSSR count). The fourth-order valence-electron chi connectivity index (χ4n) is 5.50. The first-order chi connectivity index (χ1) is 22.3. The number of benzene rings is 4. The van der Waals surface area contributed by atoms with Crippen LogP contribution < -0.4 is 4.72 Å². The van der Waals surface area contributed by atoms with Crippen molar-refractivity contribution < 1.29 is 23.0 Å². The van der Waals surface area contributed by atoms with E-state index in [1.165, 1.54) is 0 Å². The summed E-state index contributed by atoms with van der Waals surface area (Å²) >= 11 is 1.60. The molecule has 0 bridgehead atoms. The van der Waals surface area contributed by atoms with Crippen molar-refractivity contribution in [1.29, 1.82) is 0 Å². The van der Waals surface area contributed by atoms with E-state index in [0.717, 1.165) is 38.5 Å². The number of aliphatic hydroxyl groups is 1. The van der Waals surface area contributed by atoms with Crippen LogP contribution in [-0.2, 0) is 39.7 Å². The number of nitrogens with one attached hydrogen (secondary N) is 1. The first-order valence-electron chi connectivity index (χ1n) is 15.0. The molecule has 11 heteroatoms. The molecule has 0 amide bonds. The number of aliphatic hydroxyl groups excluding tert-OH is 1. The summed E-state index contributed by atoms with van der Waals surface area (Å²) in [6, 6.07) is 32.0. The number of hydrogen-bond donors (Lipinski definition) is 2. The summed E-state index contributed by atoms with van der Waals surface area (Å²) in [6.07, 6.45) is 0.713. The van der Waals surface area contributed by atoms with Gasteiger partial charge in [-0.25, -0.2) is 13.1 Å². The Bertz CT molecular complexity index is 1850. The summed E-state index contributed by atoms with van der Waals surface area (Å²) in [6.45, 7) is 2.27. The van der Waals surface area contributed by atoms with Crippen LogP contribution >= 0.6 is 11.8 Å². The minimum absolute atomic E-state index is 0.0154. The molecular formula is C35H36N4O5S2. The van der Waals surface area contributed by atoms with Crippen LogP contribution in [0.2, 0.25) is 0 Å². The lowest BCUT2D eigenvalue weighted by Gasteiger charge is -2.41. The number of sulfonamides is 1. The number of ether oxygens (including phenoxy) is 2. The van der Waals surface area contributed by atoms with Gasteiger partial charge in [0.25, 0.3) is 0 Å². The summed E-state index contributed by atoms with van der Waals surface area (Å²) in [5.74, 6) is 0.714. The van der Waals surface area contributed by atoms with E-state index in [4.69, 9.17) is 9.47 Å². The van der Waals surface area contributed by atoms with Crippen molar-refractivity contribution in [1.82, 2.24) is 19.5 Å². The van der Waals surface area contributed by atoms with Crippen LogP contribution in [0.4, 0.5) is 0 Å². The summed E-state index contributed by atoms with van der Waals surface area (Å²) in [4.78, 5) is 0.231. The number of rotatable bonds is 11. The van der Waals surface area contributed by atoms with E-state index in [2.05, 4.69) is 21.8 Å². The largest absolute Gasteiger partial charge is 0.392 e. The molecule has 1 saturated heterocycles. The average Bonchev–Trinajstić information content (AvgIpc) is 3.52. The first kappa shape index (κ1) is 32.1. The van der Waals surface area contributed by atoms with Crippen LogP contribution in [0.15, 0.2) is 120 Å². The molecule has 4 aromatic carbocycles. The second-order valence-electron chi connectivity index (χ2n) is 11.3. The van der Waals surface area contributed by atoms with E-state index < -0.39 is 16.3 Å². The van der Waals surface area contributed by atoms with E-state index in [0.29, 0.717) is 5.75 Å². The quantitative estimate of drug-likeness (QED) is 0.166. The van der Waals surface area contributed by atoms with Gasteiger partial charge in [-0.05, 0) is 39.9 Å². The van der Waals surface area contributed by atoms with Crippen LogP contribution in [0.3, 0.4) is 0 Å². The predicted molar refractivity (Wildman–Crippen MR) is 177 cm³/mol. The summed E-state index contributed by atoms with van der Waals surface area (Å²) in [5.41, 5.74) is 5.49. The maximum absolute atomic E-state index is 12.9. The normalized spacial score (nSPS) is 20.1. The van der Waals surface area contributed by atoms with Gasteiger partial charge in [0.15, 0.2) is 11.4 Å². The molecule has 0 saturated carbocycles. The molecule has 1 aromatic heterocycles. The van der Waals surface area contributed by atoms with Crippen LogP contribution in [0.5, 0.6) is 0 Å². The Hall–Kier alpha value is -3.84. The van der Waals surface area contributed by atoms with Gasteiger partial charge in [-0.2, -0.15) is 0 Å². The maximum atomic E-state index is 12.9. The van der Waals surface area contributed by atoms with E-state index in [1.54, 1.807) is 48.4 Å². The smallest absolute Gasteiger partial charge is 0.240 e. The van der Waals surface area contributed by atoms with E-state index in [-0.39, 0.29) is 36.2 Å². The Morgan fingerprint density at radius 1 is 0.891 bits per heavy atom. The molecule has 238 valence electrons. The van der Waals surface area contributed by atoms with Crippen molar-refractivity contribution in [3.63, 3.8) is 0 Å². The van der Waals surface area contributed by atoms with Crippen LogP contribution in [0.1, 0.15) is 41.6 Å². The summed E-state index contributed by atoms with van der Waals surface area (Å²) in [7, 11) is -1.73. The van der Waals surface area contributed by atoms with Crippen molar-refractivity contribution >= 4 is 21.8 Å². The SMILES string of the molecule is C[C@H]1[C@@H](CSc2nncn2C)O[C@@H](c2ccc(-c3ccccc3CNS(=O)(=O)c3ccccc3)cc2)O[C@H]1c1ccc(CO)cc1. The van der Waals surface area contributed by atoms with E-state index >= 15 is 0 Å². The molecule has 1 aliphatic rings. The molecule has 2 heterocycles. The molecule has 0 unspecified atom stereocenters. The zero-order valence-electron chi connectivity index (χ0n) is 25.6. The van der Waals surface area contributed by atoms with Gasteiger partial charge in [-0.3, -0.25) is 0 Å². The Morgan fingerprint density at radius 3 is 2.28 bits per heavy atom. The summed E-state index contributed by atoms with van der Waals surface area (Å²) < 4.78 is 43.5. The highest BCUT2D eigenvalue weighted by molar-refractivity contribution is 7.99. The number of nitrogens with zero attached hydrogens (tertiary/aromatic N) is 3. The predicted octanol–water partition coefficient (Wildman–Crippen LogP) is 6.04. The second-order valence-corrected chi connectivity index (χ2v) is 14.0. The average molecular weight is 657 g/mol. The number of thioether (sulfide) groups is 1. The molecule has 2 N–H and O–H groups in total. The number of aryl methyl sites for hydroxylation is 1. The maximum Gasteiger partial charge on any atom is 0.240 e. The Labute approximate surface area is 273 Å². The molecule has 1 fully saturated rings. The van der Waals surface area contributed by atoms with E-state index in [9.17, 15) is 13.5 Å². The highest BCUT2D eigenvalue weighted by Gasteiger charge is 2.38. The Kier molecular flexibility index (Phi) is 9.98. The third kappa shape index (κ3) is 7.25. The second kappa shape index (κ2) is 14.3. The lowest BCUT2D eigenvalue weighted by Crippen LogP contribution is -2.38. The monoisotopic (exact) mass is 656 g/mol. The standard InChI is InChI=1S/C35H36N4O5S2/c1-24-32(22-45-35-38-36-23-39(35)2)43-34(44-33(24)27-14-12-25(21-40)13-15-27)28-18-16-26(17-19-28)31-11-7-6-8-29(31)20-37-46(41,42)30-9-4-3-5-10-30/h3-19,23-24,32-34,37,40H,20-22H2,1-2H3/t24-,32+,33+,34+/m0/s1. The Morgan fingerprint density at radius 2 is 1.59 bits per heavy atom. The lowest BCUT2D eigenvalue weighted by molar-refractivity contribution is -0.268. The topological polar surface area (TPSA) is 116 Å². The number of aromatic nitrogens is 3. The molecule has 0 spiro atoms. The third-order valence-electron chi connectivity index (χ3n) is 8.19. The fourth-order valence-corrected chi connectivity index (χ4v) is 7.58. The lowest BCUT2D eigenvalue weighted by atomic mass is 9.91. The Balaban J connectivity index is 1.22. The number of hydrogen-bond acceptors (Lipinski definition) is 8. The van der Waals surface area contributed by atoms with Crippen molar-refractivity contribution in [2.24, 2.45) is 13.0 Å². The highest BCUT2D eigenvalue weighted by atomic mass is 32.2. The van der Waals surface area contributed by atoms with Gasteiger partial charge in [0.05, 0.1) is 23.7 Å². The van der Waals surface area contributed by atoms with Crippen LogP contribution in [0, 0.1) is 5.92 Å².